The van der Waals surface area contributed by atoms with Crippen LogP contribution < -0.4 is 0 Å². The van der Waals surface area contributed by atoms with Crippen LogP contribution in [0.3, 0.4) is 0 Å². The Morgan fingerprint density at radius 2 is 2.10 bits per heavy atom. The van der Waals surface area contributed by atoms with E-state index < -0.39 is 9.04 Å². The second-order valence-electron chi connectivity index (χ2n) is 2.79. The van der Waals surface area contributed by atoms with E-state index in [0.717, 1.165) is 6.42 Å². The monoisotopic (exact) mass is 160 g/mol. The maximum Gasteiger partial charge on any atom is 0.295 e. The first-order valence-corrected chi connectivity index (χ1v) is 6.56. The van der Waals surface area contributed by atoms with Crippen LogP contribution in [0.2, 0.25) is 13.1 Å². The van der Waals surface area contributed by atoms with Gasteiger partial charge in [0.2, 0.25) is 9.04 Å². The predicted octanol–water partition coefficient (Wildman–Crippen LogP) is 1.56. The Morgan fingerprint density at radius 3 is 2.40 bits per heavy atom. The van der Waals surface area contributed by atoms with Gasteiger partial charge < -0.3 is 4.43 Å². The highest BCUT2D eigenvalue weighted by atomic mass is 28.3. The second kappa shape index (κ2) is 4.49. The zero-order valence-corrected chi connectivity index (χ0v) is 8.33. The summed E-state index contributed by atoms with van der Waals surface area (Å²) in [6.45, 7) is 7.90. The summed E-state index contributed by atoms with van der Waals surface area (Å²) in [6.07, 6.45) is 0.875. The molecule has 0 amide bonds. The molecule has 1 atom stereocenters. The lowest BCUT2D eigenvalue weighted by Gasteiger charge is -2.11. The van der Waals surface area contributed by atoms with E-state index in [1.807, 2.05) is 26.9 Å². The molecule has 0 aromatic rings. The van der Waals surface area contributed by atoms with Crippen molar-refractivity contribution in [1.29, 1.82) is 0 Å². The van der Waals surface area contributed by atoms with Gasteiger partial charge in [-0.3, -0.25) is 4.79 Å². The molecule has 0 fully saturated rings. The van der Waals surface area contributed by atoms with Gasteiger partial charge in [0, 0.05) is 0 Å². The maximum absolute atomic E-state index is 11.0. The molecular formula is C7H16O2Si. The summed E-state index contributed by atoms with van der Waals surface area (Å²) >= 11 is 0. The molecule has 0 N–H and O–H groups in total. The number of carbonyl (C=O) groups excluding carboxylic acids is 1. The van der Waals surface area contributed by atoms with Gasteiger partial charge in [-0.1, -0.05) is 13.8 Å². The quantitative estimate of drug-likeness (QED) is 0.586. The topological polar surface area (TPSA) is 26.3 Å². The fourth-order valence-corrected chi connectivity index (χ4v) is 1.21. The van der Waals surface area contributed by atoms with E-state index >= 15 is 0 Å². The lowest BCUT2D eigenvalue weighted by molar-refractivity contribution is -0.138. The van der Waals surface area contributed by atoms with E-state index in [0.29, 0.717) is 0 Å². The molecule has 10 heavy (non-hydrogen) atoms. The number of rotatable bonds is 3. The molecule has 0 spiro atoms. The summed E-state index contributed by atoms with van der Waals surface area (Å²) in [5.41, 5.74) is 0. The summed E-state index contributed by atoms with van der Waals surface area (Å²) in [5.74, 6) is 0.0547. The van der Waals surface area contributed by atoms with Crippen molar-refractivity contribution >= 4 is 15.0 Å². The highest BCUT2D eigenvalue weighted by Gasteiger charge is 2.12. The van der Waals surface area contributed by atoms with Gasteiger partial charge in [0.05, 0.1) is 5.92 Å². The Balaban J connectivity index is 3.62. The van der Waals surface area contributed by atoms with Gasteiger partial charge >= 0.3 is 0 Å². The van der Waals surface area contributed by atoms with Crippen molar-refractivity contribution in [3.63, 3.8) is 0 Å². The molecule has 60 valence electrons. The highest BCUT2D eigenvalue weighted by Crippen LogP contribution is 2.03. The summed E-state index contributed by atoms with van der Waals surface area (Å²) in [6, 6.07) is 0. The standard InChI is InChI=1S/C7H16O2Si/c1-5-6(2)7(8)9-10(3)4/h6,10H,5H2,1-4H3. The normalized spacial score (nSPS) is 13.3. The third-order valence-electron chi connectivity index (χ3n) is 1.37. The molecule has 0 heterocycles. The zero-order chi connectivity index (χ0) is 8.15. The Bertz CT molecular complexity index is 112. The maximum atomic E-state index is 11.0. The highest BCUT2D eigenvalue weighted by molar-refractivity contribution is 6.50. The van der Waals surface area contributed by atoms with Crippen LogP contribution in [0.25, 0.3) is 0 Å². The molecule has 2 nitrogen and oxygen atoms in total. The van der Waals surface area contributed by atoms with Gasteiger partial charge in [-0.05, 0) is 19.5 Å². The van der Waals surface area contributed by atoms with Gasteiger partial charge in [0.15, 0.2) is 0 Å². The fourth-order valence-electron chi connectivity index (χ4n) is 0.515. The van der Waals surface area contributed by atoms with Crippen molar-refractivity contribution in [2.75, 3.05) is 0 Å². The molecule has 0 aromatic carbocycles. The van der Waals surface area contributed by atoms with E-state index in [4.69, 9.17) is 4.43 Å². The van der Waals surface area contributed by atoms with Gasteiger partial charge in [-0.2, -0.15) is 0 Å². The predicted molar refractivity (Wildman–Crippen MR) is 44.4 cm³/mol. The van der Waals surface area contributed by atoms with Crippen LogP contribution in [-0.4, -0.2) is 15.0 Å². The summed E-state index contributed by atoms with van der Waals surface area (Å²) < 4.78 is 5.10. The Labute approximate surface area is 64.3 Å². The van der Waals surface area contributed by atoms with Crippen molar-refractivity contribution in [3.05, 3.63) is 0 Å². The number of hydrogen-bond acceptors (Lipinski definition) is 2. The van der Waals surface area contributed by atoms with Crippen molar-refractivity contribution in [1.82, 2.24) is 0 Å². The molecule has 0 aliphatic carbocycles. The lowest BCUT2D eigenvalue weighted by Crippen LogP contribution is -2.20. The van der Waals surface area contributed by atoms with Gasteiger partial charge in [-0.15, -0.1) is 0 Å². The molecule has 0 saturated carbocycles. The summed E-state index contributed by atoms with van der Waals surface area (Å²) in [7, 11) is -1.15. The van der Waals surface area contributed by atoms with E-state index in [1.54, 1.807) is 0 Å². The van der Waals surface area contributed by atoms with Crippen LogP contribution in [0.15, 0.2) is 0 Å². The Morgan fingerprint density at radius 1 is 1.60 bits per heavy atom. The molecule has 0 rings (SSSR count). The van der Waals surface area contributed by atoms with Crippen LogP contribution in [0, 0.1) is 5.92 Å². The largest absolute Gasteiger partial charge is 0.522 e. The lowest BCUT2D eigenvalue weighted by atomic mass is 10.1. The Kier molecular flexibility index (Phi) is 4.35. The first-order valence-electron chi connectivity index (χ1n) is 3.78. The molecule has 0 radical (unpaired) electrons. The van der Waals surface area contributed by atoms with Crippen LogP contribution in [-0.2, 0) is 9.22 Å². The van der Waals surface area contributed by atoms with E-state index in [2.05, 4.69) is 0 Å². The smallest absolute Gasteiger partial charge is 0.295 e. The minimum Gasteiger partial charge on any atom is -0.522 e. The van der Waals surface area contributed by atoms with Gasteiger partial charge in [0.25, 0.3) is 5.97 Å². The third kappa shape index (κ3) is 3.66. The molecule has 0 aromatic heterocycles. The molecule has 0 aliphatic rings. The van der Waals surface area contributed by atoms with Crippen molar-refractivity contribution in [3.8, 4) is 0 Å². The van der Waals surface area contributed by atoms with E-state index in [-0.39, 0.29) is 11.9 Å². The van der Waals surface area contributed by atoms with Crippen LogP contribution in [0.1, 0.15) is 20.3 Å². The second-order valence-corrected chi connectivity index (χ2v) is 5.13. The first-order chi connectivity index (χ1) is 4.57. The number of hydrogen-bond donors (Lipinski definition) is 0. The van der Waals surface area contributed by atoms with Crippen molar-refractivity contribution < 1.29 is 9.22 Å². The molecular weight excluding hydrogens is 144 g/mol. The SMILES string of the molecule is CCC(C)C(=O)O[SiH](C)C. The number of carbonyl (C=O) groups is 1. The molecule has 3 heteroatoms. The third-order valence-corrected chi connectivity index (χ3v) is 2.07. The summed E-state index contributed by atoms with van der Waals surface area (Å²) in [4.78, 5) is 11.0. The van der Waals surface area contributed by atoms with Crippen LogP contribution in [0.5, 0.6) is 0 Å². The molecule has 0 bridgehead atoms. The molecule has 0 saturated heterocycles. The average molecular weight is 160 g/mol. The van der Waals surface area contributed by atoms with E-state index in [1.165, 1.54) is 0 Å². The average Bonchev–Trinajstić information content (AvgIpc) is 1.85. The van der Waals surface area contributed by atoms with Gasteiger partial charge in [0.1, 0.15) is 0 Å². The minimum absolute atomic E-state index is 0.0239. The molecule has 1 unspecified atom stereocenters. The van der Waals surface area contributed by atoms with E-state index in [9.17, 15) is 4.79 Å². The Hall–Kier alpha value is -0.313. The fraction of sp³-hybridized carbons (Fsp3) is 0.857. The summed E-state index contributed by atoms with van der Waals surface area (Å²) in [5, 5.41) is 0. The van der Waals surface area contributed by atoms with Crippen LogP contribution in [0.4, 0.5) is 0 Å². The van der Waals surface area contributed by atoms with Crippen molar-refractivity contribution in [2.24, 2.45) is 5.92 Å². The van der Waals surface area contributed by atoms with Crippen molar-refractivity contribution in [2.45, 2.75) is 33.4 Å². The van der Waals surface area contributed by atoms with Crippen LogP contribution >= 0.6 is 0 Å². The first kappa shape index (κ1) is 9.69. The van der Waals surface area contributed by atoms with Gasteiger partial charge in [-0.25, -0.2) is 0 Å². The zero-order valence-electron chi connectivity index (χ0n) is 7.18. The minimum atomic E-state index is -1.15. The molecule has 0 aliphatic heterocycles.